The lowest BCUT2D eigenvalue weighted by Crippen LogP contribution is -2.54. The van der Waals surface area contributed by atoms with Crippen LogP contribution >= 0.6 is 0 Å². The van der Waals surface area contributed by atoms with Crippen molar-refractivity contribution in [3.63, 3.8) is 0 Å². The molecule has 0 bridgehead atoms. The monoisotopic (exact) mass is 329 g/mol. The quantitative estimate of drug-likeness (QED) is 0.430. The number of terminal acetylenes is 1. The Morgan fingerprint density at radius 2 is 2.00 bits per heavy atom. The van der Waals surface area contributed by atoms with Crippen molar-refractivity contribution in [1.82, 2.24) is 0 Å². The fourth-order valence-corrected chi connectivity index (χ4v) is 7.49. The van der Waals surface area contributed by atoms with Crippen molar-refractivity contribution < 1.29 is 10.3 Å². The van der Waals surface area contributed by atoms with Crippen LogP contribution in [0.15, 0.2) is 5.16 Å². The number of aliphatic hydroxyl groups excluding tert-OH is 1. The lowest BCUT2D eigenvalue weighted by Gasteiger charge is -2.60. The molecule has 0 spiro atoms. The predicted molar refractivity (Wildman–Crippen MR) is 94.7 cm³/mol. The van der Waals surface area contributed by atoms with Crippen molar-refractivity contribution in [2.75, 3.05) is 0 Å². The highest BCUT2D eigenvalue weighted by Crippen LogP contribution is 2.66. The van der Waals surface area contributed by atoms with Crippen molar-refractivity contribution in [1.29, 1.82) is 0 Å². The summed E-state index contributed by atoms with van der Waals surface area (Å²) in [6, 6.07) is 0. The Kier molecular flexibility index (Phi) is 3.95. The maximum absolute atomic E-state index is 10.1. The molecule has 0 aromatic rings. The summed E-state index contributed by atoms with van der Waals surface area (Å²) in [4.78, 5) is 0. The van der Waals surface area contributed by atoms with Gasteiger partial charge in [-0.25, -0.2) is 0 Å². The number of rotatable bonds is 1. The molecule has 4 saturated carbocycles. The van der Waals surface area contributed by atoms with E-state index in [-0.39, 0.29) is 11.5 Å². The van der Waals surface area contributed by atoms with Gasteiger partial charge in [-0.15, -0.1) is 12.3 Å². The van der Waals surface area contributed by atoms with E-state index in [0.717, 1.165) is 56.1 Å². The molecule has 3 heteroatoms. The van der Waals surface area contributed by atoms with Crippen molar-refractivity contribution in [2.45, 2.75) is 77.2 Å². The molecule has 0 aromatic carbocycles. The summed E-state index contributed by atoms with van der Waals surface area (Å²) < 4.78 is 0. The van der Waals surface area contributed by atoms with E-state index in [9.17, 15) is 10.3 Å². The number of oxime groups is 1. The molecule has 4 aliphatic rings. The number of nitrogens with zero attached hydrogens (tertiary/aromatic N) is 1. The summed E-state index contributed by atoms with van der Waals surface area (Å²) in [6.45, 7) is 2.50. The van der Waals surface area contributed by atoms with Gasteiger partial charge in [0.2, 0.25) is 0 Å². The summed E-state index contributed by atoms with van der Waals surface area (Å²) in [5, 5.41) is 23.4. The van der Waals surface area contributed by atoms with Gasteiger partial charge in [0, 0.05) is 11.8 Å². The maximum Gasteiger partial charge on any atom is 0.0644 e. The third-order valence-electron chi connectivity index (χ3n) is 8.65. The molecular formula is C21H31NO2. The summed E-state index contributed by atoms with van der Waals surface area (Å²) in [5.74, 6) is 5.68. The molecular weight excluding hydrogens is 298 g/mol. The zero-order valence-corrected chi connectivity index (χ0v) is 14.9. The Bertz CT molecular complexity index is 579. The summed E-state index contributed by atoms with van der Waals surface area (Å²) in [6.07, 6.45) is 16.4. The molecule has 0 saturated heterocycles. The van der Waals surface area contributed by atoms with Gasteiger partial charge in [-0.2, -0.15) is 0 Å². The number of hydrogen-bond donors (Lipinski definition) is 2. The molecule has 4 rings (SSSR count). The summed E-state index contributed by atoms with van der Waals surface area (Å²) >= 11 is 0. The van der Waals surface area contributed by atoms with Crippen LogP contribution in [0.2, 0.25) is 0 Å². The van der Waals surface area contributed by atoms with Gasteiger partial charge in [-0.05, 0) is 86.9 Å². The normalized spacial score (nSPS) is 52.2. The Hall–Kier alpha value is -1.01. The van der Waals surface area contributed by atoms with E-state index in [2.05, 4.69) is 18.0 Å². The largest absolute Gasteiger partial charge is 0.411 e. The Balaban J connectivity index is 1.66. The van der Waals surface area contributed by atoms with Crippen molar-refractivity contribution in [3.8, 4) is 12.3 Å². The second kappa shape index (κ2) is 5.77. The molecule has 7 atom stereocenters. The first-order chi connectivity index (χ1) is 11.5. The number of fused-ring (bicyclic) bond motifs is 5. The van der Waals surface area contributed by atoms with Crippen LogP contribution < -0.4 is 0 Å². The van der Waals surface area contributed by atoms with Crippen molar-refractivity contribution in [2.24, 2.45) is 39.7 Å². The molecule has 0 amide bonds. The number of hydrogen-bond acceptors (Lipinski definition) is 3. The first-order valence-electron chi connectivity index (χ1n) is 9.88. The molecule has 132 valence electrons. The second-order valence-electron chi connectivity index (χ2n) is 9.25. The Labute approximate surface area is 145 Å². The molecule has 2 N–H and O–H groups in total. The molecule has 4 aliphatic carbocycles. The molecule has 0 aromatic heterocycles. The number of aliphatic hydroxyl groups is 1. The van der Waals surface area contributed by atoms with E-state index in [1.807, 2.05) is 0 Å². The standard InChI is InChI=1S/C21H31NO2/c1-3-10-21-12-9-17-16(18(21)6-7-19(21)22-24)5-4-14-13-15(23)8-11-20(14,17)2/h1,14-18,23-24H,4-13H2,2H3/t14?,15?,16-,17+,18+,20+,21+/m1/s1. The molecule has 3 nitrogen and oxygen atoms in total. The van der Waals surface area contributed by atoms with Crippen molar-refractivity contribution in [3.05, 3.63) is 0 Å². The van der Waals surface area contributed by atoms with Crippen LogP contribution in [0.25, 0.3) is 0 Å². The molecule has 0 radical (unpaired) electrons. The maximum atomic E-state index is 10.1. The van der Waals surface area contributed by atoms with Crippen LogP contribution in [-0.4, -0.2) is 22.1 Å². The highest BCUT2D eigenvalue weighted by molar-refractivity contribution is 5.92. The lowest BCUT2D eigenvalue weighted by molar-refractivity contribution is -0.115. The minimum absolute atomic E-state index is 0.0257. The molecule has 0 heterocycles. The van der Waals surface area contributed by atoms with Gasteiger partial charge in [0.05, 0.1) is 11.8 Å². The van der Waals surface area contributed by atoms with E-state index in [1.165, 1.54) is 25.7 Å². The van der Waals surface area contributed by atoms with Gasteiger partial charge in [0.15, 0.2) is 0 Å². The second-order valence-corrected chi connectivity index (χ2v) is 9.25. The fourth-order valence-electron chi connectivity index (χ4n) is 7.49. The van der Waals surface area contributed by atoms with Crippen LogP contribution in [0.5, 0.6) is 0 Å². The van der Waals surface area contributed by atoms with Crippen LogP contribution in [0.1, 0.15) is 71.1 Å². The van der Waals surface area contributed by atoms with E-state index in [4.69, 9.17) is 6.42 Å². The van der Waals surface area contributed by atoms with Crippen LogP contribution in [0.4, 0.5) is 0 Å². The van der Waals surface area contributed by atoms with Crippen LogP contribution in [0.3, 0.4) is 0 Å². The average molecular weight is 329 g/mol. The zero-order valence-electron chi connectivity index (χ0n) is 14.9. The summed E-state index contributed by atoms with van der Waals surface area (Å²) in [5.41, 5.74) is 1.35. The molecule has 2 unspecified atom stereocenters. The van der Waals surface area contributed by atoms with Crippen LogP contribution in [0, 0.1) is 46.8 Å². The van der Waals surface area contributed by atoms with Gasteiger partial charge in [-0.3, -0.25) is 0 Å². The molecule has 24 heavy (non-hydrogen) atoms. The zero-order chi connectivity index (χ0) is 16.9. The van der Waals surface area contributed by atoms with Gasteiger partial charge < -0.3 is 10.3 Å². The van der Waals surface area contributed by atoms with Gasteiger partial charge in [0.25, 0.3) is 0 Å². The summed E-state index contributed by atoms with van der Waals surface area (Å²) in [7, 11) is 0. The van der Waals surface area contributed by atoms with E-state index in [0.29, 0.717) is 17.3 Å². The van der Waals surface area contributed by atoms with E-state index < -0.39 is 0 Å². The first kappa shape index (κ1) is 16.5. The highest BCUT2D eigenvalue weighted by atomic mass is 16.4. The predicted octanol–water partition coefficient (Wildman–Crippen LogP) is 4.22. The highest BCUT2D eigenvalue weighted by Gasteiger charge is 2.60. The average Bonchev–Trinajstić information content (AvgIpc) is 2.94. The fraction of sp³-hybridized carbons (Fsp3) is 0.857. The Morgan fingerprint density at radius 3 is 2.75 bits per heavy atom. The van der Waals surface area contributed by atoms with Crippen molar-refractivity contribution >= 4 is 5.71 Å². The smallest absolute Gasteiger partial charge is 0.0644 e. The SMILES string of the molecule is C#CC[C@]12CC[C@H]3[C@@H](CCC4CC(O)CC[C@@]43C)[C@@H]1CCC2=NO. The minimum atomic E-state index is -0.0802. The van der Waals surface area contributed by atoms with Gasteiger partial charge in [0.1, 0.15) is 0 Å². The first-order valence-corrected chi connectivity index (χ1v) is 9.88. The Morgan fingerprint density at radius 1 is 1.17 bits per heavy atom. The molecule has 0 aliphatic heterocycles. The topological polar surface area (TPSA) is 52.8 Å². The molecule has 4 fully saturated rings. The van der Waals surface area contributed by atoms with Crippen LogP contribution in [-0.2, 0) is 0 Å². The third-order valence-corrected chi connectivity index (χ3v) is 8.65. The lowest BCUT2D eigenvalue weighted by atomic mass is 9.44. The van der Waals surface area contributed by atoms with E-state index in [1.54, 1.807) is 0 Å². The van der Waals surface area contributed by atoms with E-state index >= 15 is 0 Å². The van der Waals surface area contributed by atoms with Gasteiger partial charge in [-0.1, -0.05) is 12.1 Å². The van der Waals surface area contributed by atoms with Gasteiger partial charge >= 0.3 is 0 Å². The third kappa shape index (κ3) is 2.11. The minimum Gasteiger partial charge on any atom is -0.411 e.